The number of halogens is 2. The molecule has 0 aliphatic heterocycles. The van der Waals surface area contributed by atoms with Crippen LogP contribution in [-0.4, -0.2) is 41.1 Å². The van der Waals surface area contributed by atoms with Crippen molar-refractivity contribution in [3.63, 3.8) is 0 Å². The van der Waals surface area contributed by atoms with Crippen LogP contribution in [0.1, 0.15) is 26.3 Å². The Morgan fingerprint density at radius 2 is 1.79 bits per heavy atom. The Morgan fingerprint density at radius 1 is 1.11 bits per heavy atom. The molecule has 0 fully saturated rings. The Bertz CT molecular complexity index is 1040. The number of aromatic nitrogens is 2. The molecule has 0 spiro atoms. The third kappa shape index (κ3) is 3.62. The number of H-pyrrole nitrogens is 1. The summed E-state index contributed by atoms with van der Waals surface area (Å²) in [5, 5.41) is 6.15. The number of rotatable bonds is 4. The number of aromatic amines is 1. The van der Waals surface area contributed by atoms with E-state index in [0.717, 1.165) is 18.3 Å². The van der Waals surface area contributed by atoms with Crippen molar-refractivity contribution in [1.29, 1.82) is 0 Å². The number of carbonyl (C=O) groups is 2. The molecule has 0 aliphatic carbocycles. The first-order valence-electron chi connectivity index (χ1n) is 8.32. The number of aryl methyl sites for hydroxylation is 1. The minimum Gasteiger partial charge on any atom is -0.423 e. The predicted molar refractivity (Wildman–Crippen MR) is 98.1 cm³/mol. The number of carbonyl (C=O) groups excluding carboxylic acids is 2. The number of hydrogen-bond donors (Lipinski definition) is 1. The van der Waals surface area contributed by atoms with Crippen LogP contribution in [0.25, 0.3) is 11.3 Å². The van der Waals surface area contributed by atoms with E-state index >= 15 is 0 Å². The van der Waals surface area contributed by atoms with Gasteiger partial charge in [0.1, 0.15) is 22.9 Å². The predicted octanol–water partition coefficient (Wildman–Crippen LogP) is 3.58. The van der Waals surface area contributed by atoms with Gasteiger partial charge in [0.2, 0.25) is 0 Å². The van der Waals surface area contributed by atoms with Crippen LogP contribution in [0.15, 0.2) is 42.6 Å². The highest BCUT2D eigenvalue weighted by atomic mass is 19.1. The normalized spacial score (nSPS) is 10.6. The van der Waals surface area contributed by atoms with E-state index in [0.29, 0.717) is 11.1 Å². The van der Waals surface area contributed by atoms with Crippen molar-refractivity contribution in [3.05, 3.63) is 70.9 Å². The van der Waals surface area contributed by atoms with Crippen molar-refractivity contribution in [2.24, 2.45) is 0 Å². The van der Waals surface area contributed by atoms with E-state index < -0.39 is 23.2 Å². The third-order valence-corrected chi connectivity index (χ3v) is 4.12. The topological polar surface area (TPSA) is 75.3 Å². The maximum Gasteiger partial charge on any atom is 0.347 e. The summed E-state index contributed by atoms with van der Waals surface area (Å²) in [5.74, 6) is -2.63. The molecular formula is C20H17F2N3O3. The van der Waals surface area contributed by atoms with E-state index in [1.54, 1.807) is 33.2 Å². The molecule has 0 radical (unpaired) electrons. The van der Waals surface area contributed by atoms with E-state index in [9.17, 15) is 18.4 Å². The number of amides is 1. The molecule has 0 saturated heterocycles. The monoisotopic (exact) mass is 385 g/mol. The number of benzene rings is 2. The zero-order valence-corrected chi connectivity index (χ0v) is 15.4. The van der Waals surface area contributed by atoms with Gasteiger partial charge in [0.25, 0.3) is 5.91 Å². The molecule has 0 bridgehead atoms. The summed E-state index contributed by atoms with van der Waals surface area (Å²) in [6, 6.07) is 8.08. The maximum absolute atomic E-state index is 14.1. The first kappa shape index (κ1) is 19.2. The van der Waals surface area contributed by atoms with Gasteiger partial charge >= 0.3 is 5.97 Å². The molecule has 1 amide bonds. The SMILES string of the molecule is Cc1ccc(C(=O)N(C)C)cc1OC(=O)c1cn[nH]c1-c1c(F)cccc1F. The summed E-state index contributed by atoms with van der Waals surface area (Å²) in [6.07, 6.45) is 1.13. The molecule has 144 valence electrons. The van der Waals surface area contributed by atoms with E-state index in [2.05, 4.69) is 10.2 Å². The molecular weight excluding hydrogens is 368 g/mol. The molecule has 0 saturated carbocycles. The molecule has 0 unspecified atom stereocenters. The highest BCUT2D eigenvalue weighted by molar-refractivity contribution is 5.98. The number of ether oxygens (including phenoxy) is 1. The third-order valence-electron chi connectivity index (χ3n) is 4.12. The fourth-order valence-corrected chi connectivity index (χ4v) is 2.62. The lowest BCUT2D eigenvalue weighted by atomic mass is 10.1. The van der Waals surface area contributed by atoms with Crippen molar-refractivity contribution in [2.75, 3.05) is 14.1 Å². The zero-order chi connectivity index (χ0) is 20.4. The minimum atomic E-state index is -0.857. The van der Waals surface area contributed by atoms with Gasteiger partial charge < -0.3 is 9.64 Å². The standard InChI is InChI=1S/C20H17F2N3O3/c1-11-7-8-12(19(26)25(2)3)9-16(11)28-20(27)13-10-23-24-18(13)17-14(21)5-4-6-15(17)22/h4-10H,1-3H3,(H,23,24). The van der Waals surface area contributed by atoms with Crippen molar-refractivity contribution < 1.29 is 23.1 Å². The average Bonchev–Trinajstić information content (AvgIpc) is 3.12. The molecule has 1 N–H and O–H groups in total. The fraction of sp³-hybridized carbons (Fsp3) is 0.150. The highest BCUT2D eigenvalue weighted by Gasteiger charge is 2.23. The van der Waals surface area contributed by atoms with E-state index in [1.165, 1.54) is 17.0 Å². The molecule has 3 aromatic rings. The Hall–Kier alpha value is -3.55. The Balaban J connectivity index is 1.95. The van der Waals surface area contributed by atoms with Gasteiger partial charge in [0.15, 0.2) is 0 Å². The van der Waals surface area contributed by atoms with E-state index in [4.69, 9.17) is 4.74 Å². The second-order valence-corrected chi connectivity index (χ2v) is 6.32. The zero-order valence-electron chi connectivity index (χ0n) is 15.4. The average molecular weight is 385 g/mol. The summed E-state index contributed by atoms with van der Waals surface area (Å²) >= 11 is 0. The van der Waals surface area contributed by atoms with Crippen LogP contribution in [0.2, 0.25) is 0 Å². The molecule has 0 atom stereocenters. The first-order chi connectivity index (χ1) is 13.3. The minimum absolute atomic E-state index is 0.126. The van der Waals surface area contributed by atoms with Crippen LogP contribution >= 0.6 is 0 Å². The first-order valence-corrected chi connectivity index (χ1v) is 8.32. The van der Waals surface area contributed by atoms with Crippen LogP contribution < -0.4 is 4.74 Å². The lowest BCUT2D eigenvalue weighted by Gasteiger charge is -2.13. The van der Waals surface area contributed by atoms with Crippen LogP contribution in [0.5, 0.6) is 5.75 Å². The molecule has 28 heavy (non-hydrogen) atoms. The molecule has 6 nitrogen and oxygen atoms in total. The maximum atomic E-state index is 14.1. The smallest absolute Gasteiger partial charge is 0.347 e. The fourth-order valence-electron chi connectivity index (χ4n) is 2.62. The van der Waals surface area contributed by atoms with Crippen LogP contribution in [0.3, 0.4) is 0 Å². The second kappa shape index (κ2) is 7.59. The molecule has 8 heteroatoms. The van der Waals surface area contributed by atoms with Gasteiger partial charge in [-0.15, -0.1) is 0 Å². The van der Waals surface area contributed by atoms with Crippen molar-refractivity contribution >= 4 is 11.9 Å². The quantitative estimate of drug-likeness (QED) is 0.550. The summed E-state index contributed by atoms with van der Waals surface area (Å²) in [7, 11) is 3.21. The van der Waals surface area contributed by atoms with Gasteiger partial charge in [0.05, 0.1) is 17.5 Å². The van der Waals surface area contributed by atoms with Crippen LogP contribution in [-0.2, 0) is 0 Å². The van der Waals surface area contributed by atoms with Crippen LogP contribution in [0.4, 0.5) is 8.78 Å². The lowest BCUT2D eigenvalue weighted by molar-refractivity contribution is 0.0731. The van der Waals surface area contributed by atoms with Crippen molar-refractivity contribution in [1.82, 2.24) is 15.1 Å². The number of esters is 1. The Morgan fingerprint density at radius 3 is 2.43 bits per heavy atom. The lowest BCUT2D eigenvalue weighted by Crippen LogP contribution is -2.21. The van der Waals surface area contributed by atoms with Crippen molar-refractivity contribution in [2.45, 2.75) is 6.92 Å². The molecule has 0 aliphatic rings. The van der Waals surface area contributed by atoms with E-state index in [-0.39, 0.29) is 22.9 Å². The van der Waals surface area contributed by atoms with Gasteiger partial charge in [0, 0.05) is 19.7 Å². The molecule has 1 aromatic heterocycles. The summed E-state index contributed by atoms with van der Waals surface area (Å²) in [5.41, 5.74) is 0.295. The molecule has 3 rings (SSSR count). The van der Waals surface area contributed by atoms with Gasteiger partial charge in [-0.1, -0.05) is 12.1 Å². The van der Waals surface area contributed by atoms with Gasteiger partial charge in [-0.3, -0.25) is 9.89 Å². The summed E-state index contributed by atoms with van der Waals surface area (Å²) < 4.78 is 33.6. The summed E-state index contributed by atoms with van der Waals surface area (Å²) in [6.45, 7) is 1.71. The molecule has 2 aromatic carbocycles. The number of nitrogens with zero attached hydrogens (tertiary/aromatic N) is 2. The Kier molecular flexibility index (Phi) is 5.21. The number of nitrogens with one attached hydrogen (secondary N) is 1. The highest BCUT2D eigenvalue weighted by Crippen LogP contribution is 2.28. The largest absolute Gasteiger partial charge is 0.423 e. The van der Waals surface area contributed by atoms with Crippen molar-refractivity contribution in [3.8, 4) is 17.0 Å². The Labute approximate surface area is 159 Å². The van der Waals surface area contributed by atoms with Gasteiger partial charge in [-0.05, 0) is 36.8 Å². The van der Waals surface area contributed by atoms with Gasteiger partial charge in [-0.25, -0.2) is 13.6 Å². The summed E-state index contributed by atoms with van der Waals surface area (Å²) in [4.78, 5) is 26.2. The molecule has 1 heterocycles. The second-order valence-electron chi connectivity index (χ2n) is 6.32. The van der Waals surface area contributed by atoms with Gasteiger partial charge in [-0.2, -0.15) is 5.10 Å². The van der Waals surface area contributed by atoms with E-state index in [1.807, 2.05) is 0 Å². The van der Waals surface area contributed by atoms with Crippen LogP contribution in [0, 0.1) is 18.6 Å². The number of hydrogen-bond acceptors (Lipinski definition) is 4.